The molecule has 1 amide bonds. The molecule has 0 aromatic heterocycles. The van der Waals surface area contributed by atoms with Gasteiger partial charge in [0.05, 0.1) is 23.9 Å². The van der Waals surface area contributed by atoms with E-state index in [0.717, 1.165) is 35.7 Å². The lowest BCUT2D eigenvalue weighted by Crippen LogP contribution is -2.18. The summed E-state index contributed by atoms with van der Waals surface area (Å²) in [5, 5.41) is 5.73. The second-order valence-electron chi connectivity index (χ2n) is 10.2. The van der Waals surface area contributed by atoms with E-state index < -0.39 is 0 Å². The van der Waals surface area contributed by atoms with Gasteiger partial charge in [-0.1, -0.05) is 113 Å². The van der Waals surface area contributed by atoms with Gasteiger partial charge in [0, 0.05) is 18.4 Å². The molecule has 1 N–H and O–H groups in total. The van der Waals surface area contributed by atoms with Gasteiger partial charge in [-0.2, -0.15) is 0 Å². The molecular formula is C32H45ClN2O2S. The highest BCUT2D eigenvalue weighted by Crippen LogP contribution is 2.27. The van der Waals surface area contributed by atoms with Crippen LogP contribution in [0.5, 0.6) is 5.75 Å². The summed E-state index contributed by atoms with van der Waals surface area (Å²) in [5.41, 5.74) is 2.84. The van der Waals surface area contributed by atoms with E-state index in [-0.39, 0.29) is 12.3 Å². The van der Waals surface area contributed by atoms with Crippen LogP contribution in [0.25, 0.3) is 0 Å². The highest BCUT2D eigenvalue weighted by Gasteiger charge is 2.12. The van der Waals surface area contributed by atoms with E-state index in [2.05, 4.69) is 34.8 Å². The summed E-state index contributed by atoms with van der Waals surface area (Å²) in [4.78, 5) is 15.0. The Morgan fingerprint density at radius 2 is 1.63 bits per heavy atom. The number of nitrogens with one attached hydrogen (secondary N) is 1. The third-order valence-corrected chi connectivity index (χ3v) is 7.98. The van der Waals surface area contributed by atoms with E-state index in [1.165, 1.54) is 70.6 Å². The van der Waals surface area contributed by atoms with Crippen LogP contribution in [0.1, 0.15) is 95.1 Å². The molecule has 6 heteroatoms. The summed E-state index contributed by atoms with van der Waals surface area (Å²) in [6.07, 6.45) is 18.3. The van der Waals surface area contributed by atoms with Crippen molar-refractivity contribution in [1.29, 1.82) is 0 Å². The molecule has 0 saturated carbocycles. The Morgan fingerprint density at radius 1 is 0.947 bits per heavy atom. The Hall–Kier alpha value is -2.11. The topological polar surface area (TPSA) is 41.6 Å². The first-order chi connectivity index (χ1) is 18.7. The number of thioether (sulfide) groups is 1. The van der Waals surface area contributed by atoms with Gasteiger partial charge in [-0.15, -0.1) is 11.8 Å². The zero-order valence-electron chi connectivity index (χ0n) is 23.1. The standard InChI is InChI=1S/C32H45ClN2O2S/c1-2-3-4-5-6-7-8-9-10-11-12-15-21-37-31-19-18-27(23-29(31)33)24-32(36)34-30-17-14-13-16-28(30)25-35-20-22-38-26-35/h13-14,16-20,22-23H,2-12,15,21,24-26H2,1H3,(H,34,36). The Labute approximate surface area is 239 Å². The predicted molar refractivity (Wildman–Crippen MR) is 164 cm³/mol. The average molecular weight is 557 g/mol. The number of anilines is 1. The third-order valence-electron chi connectivity index (χ3n) is 6.89. The van der Waals surface area contributed by atoms with Crippen LogP contribution in [0.15, 0.2) is 54.1 Å². The zero-order chi connectivity index (χ0) is 26.8. The van der Waals surface area contributed by atoms with E-state index in [1.54, 1.807) is 11.8 Å². The summed E-state index contributed by atoms with van der Waals surface area (Å²) in [5.74, 6) is 1.58. The molecule has 1 aliphatic rings. The minimum atomic E-state index is -0.0509. The Kier molecular flexibility index (Phi) is 14.6. The highest BCUT2D eigenvalue weighted by molar-refractivity contribution is 8.02. The van der Waals surface area contributed by atoms with Crippen molar-refractivity contribution in [2.45, 2.75) is 96.9 Å². The van der Waals surface area contributed by atoms with Gasteiger partial charge in [0.1, 0.15) is 5.75 Å². The fraction of sp³-hybridized carbons (Fsp3) is 0.531. The molecule has 0 radical (unpaired) electrons. The van der Waals surface area contributed by atoms with Gasteiger partial charge in [0.25, 0.3) is 0 Å². The summed E-state index contributed by atoms with van der Waals surface area (Å²) in [6.45, 7) is 3.73. The number of unbranched alkanes of at least 4 members (excludes halogenated alkanes) is 11. The van der Waals surface area contributed by atoms with E-state index >= 15 is 0 Å². The number of hydrogen-bond acceptors (Lipinski definition) is 4. The van der Waals surface area contributed by atoms with Crippen molar-refractivity contribution in [1.82, 2.24) is 4.90 Å². The van der Waals surface area contributed by atoms with Crippen molar-refractivity contribution in [2.75, 3.05) is 17.8 Å². The molecule has 0 bridgehead atoms. The monoisotopic (exact) mass is 556 g/mol. The van der Waals surface area contributed by atoms with Crippen molar-refractivity contribution in [3.05, 3.63) is 70.2 Å². The molecule has 0 unspecified atom stereocenters. The number of rotatable bonds is 19. The van der Waals surface area contributed by atoms with Gasteiger partial charge < -0.3 is 15.0 Å². The molecule has 2 aromatic rings. The predicted octanol–water partition coefficient (Wildman–Crippen LogP) is 9.58. The second kappa shape index (κ2) is 18.2. The number of halogens is 1. The van der Waals surface area contributed by atoms with Gasteiger partial charge in [0.15, 0.2) is 0 Å². The van der Waals surface area contributed by atoms with E-state index in [4.69, 9.17) is 16.3 Å². The molecule has 1 aliphatic heterocycles. The van der Waals surface area contributed by atoms with Crippen molar-refractivity contribution >= 4 is 35.0 Å². The van der Waals surface area contributed by atoms with Crippen LogP contribution < -0.4 is 10.1 Å². The quantitative estimate of drug-likeness (QED) is 0.175. The number of nitrogens with zero attached hydrogens (tertiary/aromatic N) is 1. The van der Waals surface area contributed by atoms with Gasteiger partial charge in [-0.25, -0.2) is 0 Å². The molecule has 0 spiro atoms. The third kappa shape index (κ3) is 11.7. The van der Waals surface area contributed by atoms with Crippen LogP contribution in [-0.2, 0) is 17.8 Å². The summed E-state index contributed by atoms with van der Waals surface area (Å²) in [6, 6.07) is 13.6. The summed E-state index contributed by atoms with van der Waals surface area (Å²) < 4.78 is 5.92. The second-order valence-corrected chi connectivity index (χ2v) is 11.5. The molecule has 2 aromatic carbocycles. The van der Waals surface area contributed by atoms with Gasteiger partial charge in [-0.3, -0.25) is 4.79 Å². The Bertz CT molecular complexity index is 997. The van der Waals surface area contributed by atoms with Crippen LogP contribution in [0.3, 0.4) is 0 Å². The molecule has 0 atom stereocenters. The number of para-hydroxylation sites is 1. The molecule has 208 valence electrons. The summed E-state index contributed by atoms with van der Waals surface area (Å²) in [7, 11) is 0. The van der Waals surface area contributed by atoms with Crippen molar-refractivity contribution in [3.8, 4) is 5.75 Å². The fourth-order valence-electron chi connectivity index (χ4n) is 4.68. The SMILES string of the molecule is CCCCCCCCCCCCCCOc1ccc(CC(=O)Nc2ccccc2CN2C=CSC2)cc1Cl. The lowest BCUT2D eigenvalue weighted by atomic mass is 10.1. The Morgan fingerprint density at radius 3 is 2.29 bits per heavy atom. The number of ether oxygens (including phenoxy) is 1. The first kappa shape index (κ1) is 30.4. The van der Waals surface area contributed by atoms with E-state index in [0.29, 0.717) is 17.4 Å². The minimum Gasteiger partial charge on any atom is -0.492 e. The number of carbonyl (C=O) groups is 1. The maximum atomic E-state index is 12.8. The van der Waals surface area contributed by atoms with E-state index in [1.807, 2.05) is 36.4 Å². The molecule has 38 heavy (non-hydrogen) atoms. The van der Waals surface area contributed by atoms with Gasteiger partial charge in [0.2, 0.25) is 5.91 Å². The van der Waals surface area contributed by atoms with Crippen LogP contribution in [-0.4, -0.2) is 23.3 Å². The van der Waals surface area contributed by atoms with Crippen LogP contribution in [0.2, 0.25) is 5.02 Å². The number of carbonyl (C=O) groups excluding carboxylic acids is 1. The first-order valence-electron chi connectivity index (χ1n) is 14.5. The van der Waals surface area contributed by atoms with Crippen LogP contribution >= 0.6 is 23.4 Å². The van der Waals surface area contributed by atoms with Crippen molar-refractivity contribution in [2.24, 2.45) is 0 Å². The average Bonchev–Trinajstić information content (AvgIpc) is 3.42. The molecule has 0 saturated heterocycles. The maximum Gasteiger partial charge on any atom is 0.228 e. The van der Waals surface area contributed by atoms with Gasteiger partial charge in [-0.05, 0) is 41.2 Å². The number of hydrogen-bond donors (Lipinski definition) is 1. The van der Waals surface area contributed by atoms with E-state index in [9.17, 15) is 4.79 Å². The van der Waals surface area contributed by atoms with Crippen LogP contribution in [0.4, 0.5) is 5.69 Å². The lowest BCUT2D eigenvalue weighted by molar-refractivity contribution is -0.115. The fourth-order valence-corrected chi connectivity index (χ4v) is 5.66. The van der Waals surface area contributed by atoms with Crippen molar-refractivity contribution < 1.29 is 9.53 Å². The number of benzene rings is 2. The molecular weight excluding hydrogens is 512 g/mol. The highest BCUT2D eigenvalue weighted by atomic mass is 35.5. The maximum absolute atomic E-state index is 12.8. The smallest absolute Gasteiger partial charge is 0.228 e. The Balaban J connectivity index is 1.30. The van der Waals surface area contributed by atoms with Crippen LogP contribution in [0, 0.1) is 0 Å². The zero-order valence-corrected chi connectivity index (χ0v) is 24.6. The molecule has 1 heterocycles. The normalized spacial score (nSPS) is 12.7. The minimum absolute atomic E-state index is 0.0509. The largest absolute Gasteiger partial charge is 0.492 e. The molecule has 3 rings (SSSR count). The van der Waals surface area contributed by atoms with Crippen molar-refractivity contribution in [3.63, 3.8) is 0 Å². The number of amides is 1. The van der Waals surface area contributed by atoms with Gasteiger partial charge >= 0.3 is 0 Å². The summed E-state index contributed by atoms with van der Waals surface area (Å²) >= 11 is 8.25. The lowest BCUT2D eigenvalue weighted by Gasteiger charge is -2.18. The first-order valence-corrected chi connectivity index (χ1v) is 15.9. The molecule has 0 fully saturated rings. The molecule has 0 aliphatic carbocycles. The molecule has 4 nitrogen and oxygen atoms in total.